The average molecular weight is 469 g/mol. The third-order valence-electron chi connectivity index (χ3n) is 5.86. The normalized spacial score (nSPS) is 14.6. The van der Waals surface area contributed by atoms with E-state index in [0.29, 0.717) is 31.5 Å². The van der Waals surface area contributed by atoms with E-state index in [4.69, 9.17) is 9.26 Å². The van der Waals surface area contributed by atoms with Crippen molar-refractivity contribution >= 4 is 17.3 Å². The number of aromatic nitrogens is 2. The van der Waals surface area contributed by atoms with Crippen molar-refractivity contribution in [3.05, 3.63) is 58.4 Å². The lowest BCUT2D eigenvalue weighted by molar-refractivity contribution is -0.137. The first-order chi connectivity index (χ1) is 16.0. The molecule has 33 heavy (non-hydrogen) atoms. The SMILES string of the molecule is CC(C)Cc1ncc(-c2onc(C(CCCOCc3ccccc3)CC(=O)O)c2C2CC2)s1. The lowest BCUT2D eigenvalue weighted by Crippen LogP contribution is -2.10. The van der Waals surface area contributed by atoms with Gasteiger partial charge in [-0.2, -0.15) is 0 Å². The molecule has 6 nitrogen and oxygen atoms in total. The zero-order valence-electron chi connectivity index (χ0n) is 19.3. The minimum atomic E-state index is -0.812. The Morgan fingerprint density at radius 3 is 2.76 bits per heavy atom. The molecule has 1 atom stereocenters. The van der Waals surface area contributed by atoms with Gasteiger partial charge >= 0.3 is 5.97 Å². The van der Waals surface area contributed by atoms with Gasteiger partial charge in [0.15, 0.2) is 5.76 Å². The van der Waals surface area contributed by atoms with Gasteiger partial charge in [-0.25, -0.2) is 4.98 Å². The van der Waals surface area contributed by atoms with Crippen LogP contribution >= 0.6 is 11.3 Å². The topological polar surface area (TPSA) is 85.5 Å². The Kier molecular flexibility index (Phi) is 7.93. The molecule has 7 heteroatoms. The Balaban J connectivity index is 1.45. The number of aliphatic carboxylic acids is 1. The van der Waals surface area contributed by atoms with Crippen LogP contribution in [0.4, 0.5) is 0 Å². The molecule has 2 aromatic heterocycles. The molecule has 0 bridgehead atoms. The van der Waals surface area contributed by atoms with E-state index >= 15 is 0 Å². The minimum Gasteiger partial charge on any atom is -0.481 e. The third-order valence-corrected chi connectivity index (χ3v) is 6.88. The Morgan fingerprint density at radius 2 is 2.06 bits per heavy atom. The van der Waals surface area contributed by atoms with Crippen LogP contribution in [0.1, 0.15) is 79.6 Å². The summed E-state index contributed by atoms with van der Waals surface area (Å²) in [7, 11) is 0. The van der Waals surface area contributed by atoms with Crippen LogP contribution in [0.3, 0.4) is 0 Å². The fraction of sp³-hybridized carbons (Fsp3) is 0.500. The number of carboxylic acid groups (broad SMARTS) is 1. The van der Waals surface area contributed by atoms with Crippen molar-refractivity contribution < 1.29 is 19.2 Å². The van der Waals surface area contributed by atoms with E-state index in [1.807, 2.05) is 36.5 Å². The van der Waals surface area contributed by atoms with E-state index in [1.54, 1.807) is 11.3 Å². The third kappa shape index (κ3) is 6.51. The van der Waals surface area contributed by atoms with Crippen LogP contribution in [-0.4, -0.2) is 27.8 Å². The molecule has 4 rings (SSSR count). The average Bonchev–Trinajstić information content (AvgIpc) is 3.36. The predicted molar refractivity (Wildman–Crippen MR) is 128 cm³/mol. The Bertz CT molecular complexity index is 1040. The summed E-state index contributed by atoms with van der Waals surface area (Å²) in [5.74, 6) is 0.743. The van der Waals surface area contributed by atoms with Gasteiger partial charge in [0.2, 0.25) is 0 Å². The fourth-order valence-corrected chi connectivity index (χ4v) is 5.27. The van der Waals surface area contributed by atoms with Crippen LogP contribution in [0.2, 0.25) is 0 Å². The molecule has 1 aromatic carbocycles. The molecule has 0 saturated heterocycles. The van der Waals surface area contributed by atoms with Crippen molar-refractivity contribution in [2.75, 3.05) is 6.61 Å². The Labute approximate surface area is 199 Å². The number of nitrogens with zero attached hydrogens (tertiary/aromatic N) is 2. The molecule has 0 radical (unpaired) electrons. The van der Waals surface area contributed by atoms with E-state index in [0.717, 1.165) is 58.1 Å². The molecule has 2 heterocycles. The highest BCUT2D eigenvalue weighted by molar-refractivity contribution is 7.15. The first-order valence-corrected chi connectivity index (χ1v) is 12.6. The number of thiazole rings is 1. The summed E-state index contributed by atoms with van der Waals surface area (Å²) in [6, 6.07) is 10.1. The second-order valence-corrected chi connectivity index (χ2v) is 10.4. The maximum absolute atomic E-state index is 11.6. The number of carbonyl (C=O) groups is 1. The number of hydrogen-bond acceptors (Lipinski definition) is 6. The second-order valence-electron chi connectivity index (χ2n) is 9.28. The van der Waals surface area contributed by atoms with Crippen molar-refractivity contribution in [2.45, 2.75) is 70.8 Å². The lowest BCUT2D eigenvalue weighted by atomic mass is 9.91. The van der Waals surface area contributed by atoms with E-state index in [-0.39, 0.29) is 12.3 Å². The first kappa shape index (κ1) is 23.6. The first-order valence-electron chi connectivity index (χ1n) is 11.8. The van der Waals surface area contributed by atoms with Gasteiger partial charge in [0.05, 0.1) is 28.6 Å². The molecule has 1 N–H and O–H groups in total. The highest BCUT2D eigenvalue weighted by atomic mass is 32.1. The van der Waals surface area contributed by atoms with Crippen molar-refractivity contribution in [1.82, 2.24) is 10.1 Å². The molecular weight excluding hydrogens is 436 g/mol. The minimum absolute atomic E-state index is 0.0473. The second kappa shape index (κ2) is 11.1. The standard InChI is InChI=1S/C26H32N2O4S/c1-17(2)13-22-27-15-21(33-22)26-24(19-10-11-19)25(28-32-26)20(14-23(29)30)9-6-12-31-16-18-7-4-3-5-8-18/h3-5,7-8,15,17,19-20H,6,9-14,16H2,1-2H3,(H,29,30). The fourth-order valence-electron chi connectivity index (χ4n) is 4.15. The quantitative estimate of drug-likeness (QED) is 0.291. The maximum Gasteiger partial charge on any atom is 0.304 e. The molecule has 176 valence electrons. The molecule has 1 aliphatic carbocycles. The molecule has 0 spiro atoms. The largest absolute Gasteiger partial charge is 0.481 e. The van der Waals surface area contributed by atoms with Gasteiger partial charge in [-0.3, -0.25) is 4.79 Å². The molecule has 1 fully saturated rings. The Morgan fingerprint density at radius 1 is 1.27 bits per heavy atom. The molecule has 0 amide bonds. The van der Waals surface area contributed by atoms with Crippen LogP contribution in [0.5, 0.6) is 0 Å². The maximum atomic E-state index is 11.6. The molecule has 0 aliphatic heterocycles. The van der Waals surface area contributed by atoms with Gasteiger partial charge in [0.25, 0.3) is 0 Å². The van der Waals surface area contributed by atoms with Crippen molar-refractivity contribution in [3.63, 3.8) is 0 Å². The zero-order chi connectivity index (χ0) is 23.2. The van der Waals surface area contributed by atoms with E-state index in [9.17, 15) is 9.90 Å². The van der Waals surface area contributed by atoms with Crippen LogP contribution in [0.15, 0.2) is 41.1 Å². The molecule has 3 aromatic rings. The Hall–Kier alpha value is -2.51. The molecule has 1 saturated carbocycles. The number of carboxylic acids is 1. The van der Waals surface area contributed by atoms with Crippen LogP contribution in [-0.2, 0) is 22.6 Å². The highest BCUT2D eigenvalue weighted by Gasteiger charge is 2.36. The summed E-state index contributed by atoms with van der Waals surface area (Å²) in [5, 5.41) is 15.1. The predicted octanol–water partition coefficient (Wildman–Crippen LogP) is 6.43. The smallest absolute Gasteiger partial charge is 0.304 e. The van der Waals surface area contributed by atoms with Gasteiger partial charge in [-0.1, -0.05) is 49.3 Å². The summed E-state index contributed by atoms with van der Waals surface area (Å²) >= 11 is 1.65. The van der Waals surface area contributed by atoms with Crippen LogP contribution in [0.25, 0.3) is 10.6 Å². The molecule has 1 unspecified atom stereocenters. The summed E-state index contributed by atoms with van der Waals surface area (Å²) < 4.78 is 11.7. The summed E-state index contributed by atoms with van der Waals surface area (Å²) in [4.78, 5) is 17.2. The number of hydrogen-bond donors (Lipinski definition) is 1. The van der Waals surface area contributed by atoms with E-state index < -0.39 is 5.97 Å². The molecular formula is C26H32N2O4S. The van der Waals surface area contributed by atoms with Crippen molar-refractivity contribution in [3.8, 4) is 10.6 Å². The number of rotatable bonds is 13. The molecule has 1 aliphatic rings. The van der Waals surface area contributed by atoms with Gasteiger partial charge in [0, 0.05) is 30.7 Å². The van der Waals surface area contributed by atoms with Crippen molar-refractivity contribution in [2.24, 2.45) is 5.92 Å². The summed E-state index contributed by atoms with van der Waals surface area (Å²) in [5.41, 5.74) is 3.06. The highest BCUT2D eigenvalue weighted by Crippen LogP contribution is 2.49. The van der Waals surface area contributed by atoms with Gasteiger partial charge < -0.3 is 14.4 Å². The van der Waals surface area contributed by atoms with Crippen LogP contribution < -0.4 is 0 Å². The number of benzene rings is 1. The van der Waals surface area contributed by atoms with E-state index in [1.165, 1.54) is 0 Å². The van der Waals surface area contributed by atoms with Crippen molar-refractivity contribution in [1.29, 1.82) is 0 Å². The van der Waals surface area contributed by atoms with Gasteiger partial charge in [0.1, 0.15) is 0 Å². The summed E-state index contributed by atoms with van der Waals surface area (Å²) in [6.07, 6.45) is 6.53. The number of ether oxygens (including phenoxy) is 1. The summed E-state index contributed by atoms with van der Waals surface area (Å²) in [6.45, 7) is 5.52. The van der Waals surface area contributed by atoms with Crippen LogP contribution in [0, 0.1) is 5.92 Å². The van der Waals surface area contributed by atoms with Gasteiger partial charge in [-0.15, -0.1) is 11.3 Å². The monoisotopic (exact) mass is 468 g/mol. The van der Waals surface area contributed by atoms with Gasteiger partial charge in [-0.05, 0) is 43.1 Å². The van der Waals surface area contributed by atoms with E-state index in [2.05, 4.69) is 24.0 Å². The lowest BCUT2D eigenvalue weighted by Gasteiger charge is -2.14. The zero-order valence-corrected chi connectivity index (χ0v) is 20.1.